The van der Waals surface area contributed by atoms with E-state index in [-0.39, 0.29) is 0 Å². The van der Waals surface area contributed by atoms with Crippen molar-refractivity contribution in [2.75, 3.05) is 18.5 Å². The van der Waals surface area contributed by atoms with Gasteiger partial charge in [-0.05, 0) is 55.5 Å². The Morgan fingerprint density at radius 2 is 1.75 bits per heavy atom. The van der Waals surface area contributed by atoms with Crippen LogP contribution in [0.5, 0.6) is 0 Å². The van der Waals surface area contributed by atoms with Crippen molar-refractivity contribution in [2.45, 2.75) is 32.7 Å². The monoisotopic (exact) mass is 324 g/mol. The Morgan fingerprint density at radius 3 is 2.38 bits per heavy atom. The third-order valence-electron chi connectivity index (χ3n) is 4.64. The first-order chi connectivity index (χ1) is 11.5. The van der Waals surface area contributed by atoms with Crippen LogP contribution in [-0.2, 0) is 4.74 Å². The fourth-order valence-corrected chi connectivity index (χ4v) is 3.09. The fraction of sp³-hybridized carbons (Fsp3) is 0.350. The van der Waals surface area contributed by atoms with E-state index < -0.39 is 5.91 Å². The zero-order valence-corrected chi connectivity index (χ0v) is 14.3. The van der Waals surface area contributed by atoms with E-state index in [0.29, 0.717) is 11.6 Å². The van der Waals surface area contributed by atoms with Crippen molar-refractivity contribution < 1.29 is 9.53 Å². The van der Waals surface area contributed by atoms with E-state index in [0.717, 1.165) is 48.4 Å². The number of rotatable bonds is 4. The summed E-state index contributed by atoms with van der Waals surface area (Å²) in [5.74, 6) is -0.392. The van der Waals surface area contributed by atoms with Crippen LogP contribution in [0.25, 0.3) is 11.1 Å². The standard InChI is InChI=1S/C20H24N2O2/c1-13-3-5-15(6-4-13)16-11-18(20(21)23)14(2)19(12-16)22-17-7-9-24-10-8-17/h3-6,11-12,17,22H,7-10H2,1-2H3,(H2,21,23). The van der Waals surface area contributed by atoms with Gasteiger partial charge in [-0.3, -0.25) is 4.79 Å². The molecule has 1 heterocycles. The van der Waals surface area contributed by atoms with Crippen LogP contribution < -0.4 is 11.1 Å². The Kier molecular flexibility index (Phi) is 4.86. The first kappa shape index (κ1) is 16.5. The zero-order chi connectivity index (χ0) is 17.1. The van der Waals surface area contributed by atoms with Gasteiger partial charge in [-0.1, -0.05) is 29.8 Å². The molecule has 2 aromatic carbocycles. The molecular formula is C20H24N2O2. The first-order valence-electron chi connectivity index (χ1n) is 8.40. The van der Waals surface area contributed by atoms with Gasteiger partial charge in [0, 0.05) is 30.5 Å². The SMILES string of the molecule is Cc1ccc(-c2cc(NC3CCOCC3)c(C)c(C(N)=O)c2)cc1. The van der Waals surface area contributed by atoms with Crippen molar-refractivity contribution in [3.8, 4) is 11.1 Å². The Hall–Kier alpha value is -2.33. The molecule has 126 valence electrons. The minimum Gasteiger partial charge on any atom is -0.382 e. The van der Waals surface area contributed by atoms with E-state index in [4.69, 9.17) is 10.5 Å². The first-order valence-corrected chi connectivity index (χ1v) is 8.40. The van der Waals surface area contributed by atoms with E-state index >= 15 is 0 Å². The van der Waals surface area contributed by atoms with Gasteiger partial charge in [0.05, 0.1) is 0 Å². The highest BCUT2D eigenvalue weighted by Gasteiger charge is 2.17. The highest BCUT2D eigenvalue weighted by molar-refractivity contribution is 5.97. The van der Waals surface area contributed by atoms with Crippen LogP contribution in [0.2, 0.25) is 0 Å². The summed E-state index contributed by atoms with van der Waals surface area (Å²) < 4.78 is 5.42. The molecule has 0 saturated carbocycles. The maximum atomic E-state index is 11.9. The Labute approximate surface area is 143 Å². The molecule has 0 spiro atoms. The average Bonchev–Trinajstić information content (AvgIpc) is 2.58. The highest BCUT2D eigenvalue weighted by atomic mass is 16.5. The number of hydrogen-bond acceptors (Lipinski definition) is 3. The highest BCUT2D eigenvalue weighted by Crippen LogP contribution is 2.30. The van der Waals surface area contributed by atoms with Crippen LogP contribution in [0.3, 0.4) is 0 Å². The number of aryl methyl sites for hydroxylation is 1. The molecule has 1 saturated heterocycles. The molecular weight excluding hydrogens is 300 g/mol. The number of benzene rings is 2. The summed E-state index contributed by atoms with van der Waals surface area (Å²) in [5, 5.41) is 3.58. The lowest BCUT2D eigenvalue weighted by atomic mass is 9.96. The van der Waals surface area contributed by atoms with Crippen LogP contribution in [0.15, 0.2) is 36.4 Å². The molecule has 0 aromatic heterocycles. The van der Waals surface area contributed by atoms with Gasteiger partial charge in [0.2, 0.25) is 5.91 Å². The second kappa shape index (κ2) is 7.05. The molecule has 0 radical (unpaired) electrons. The quantitative estimate of drug-likeness (QED) is 0.902. The number of nitrogens with one attached hydrogen (secondary N) is 1. The van der Waals surface area contributed by atoms with Gasteiger partial charge in [-0.25, -0.2) is 0 Å². The molecule has 1 aliphatic rings. The molecule has 1 fully saturated rings. The van der Waals surface area contributed by atoms with Crippen LogP contribution >= 0.6 is 0 Å². The van der Waals surface area contributed by atoms with E-state index in [1.54, 1.807) is 0 Å². The summed E-state index contributed by atoms with van der Waals surface area (Å²) in [7, 11) is 0. The molecule has 3 N–H and O–H groups in total. The molecule has 4 heteroatoms. The molecule has 4 nitrogen and oxygen atoms in total. The van der Waals surface area contributed by atoms with Gasteiger partial charge >= 0.3 is 0 Å². The van der Waals surface area contributed by atoms with Crippen molar-refractivity contribution in [3.63, 3.8) is 0 Å². The van der Waals surface area contributed by atoms with Gasteiger partial charge in [0.1, 0.15) is 0 Å². The molecule has 1 aliphatic heterocycles. The van der Waals surface area contributed by atoms with Crippen molar-refractivity contribution >= 4 is 11.6 Å². The van der Waals surface area contributed by atoms with Gasteiger partial charge in [-0.2, -0.15) is 0 Å². The molecule has 2 aromatic rings. The lowest BCUT2D eigenvalue weighted by Crippen LogP contribution is -2.28. The Bertz CT molecular complexity index is 732. The minimum absolute atomic E-state index is 0.367. The van der Waals surface area contributed by atoms with Gasteiger partial charge in [0.15, 0.2) is 0 Å². The Balaban J connectivity index is 1.99. The van der Waals surface area contributed by atoms with Crippen molar-refractivity contribution in [2.24, 2.45) is 5.73 Å². The number of anilines is 1. The summed E-state index contributed by atoms with van der Waals surface area (Å²) in [5.41, 5.74) is 11.4. The number of carbonyl (C=O) groups excluding carboxylic acids is 1. The van der Waals surface area contributed by atoms with Crippen LogP contribution in [0, 0.1) is 13.8 Å². The van der Waals surface area contributed by atoms with E-state index in [1.807, 2.05) is 13.0 Å². The van der Waals surface area contributed by atoms with Crippen LogP contribution in [0.1, 0.15) is 34.3 Å². The van der Waals surface area contributed by atoms with Gasteiger partial charge in [0.25, 0.3) is 0 Å². The number of ether oxygens (including phenoxy) is 1. The van der Waals surface area contributed by atoms with E-state index in [1.165, 1.54) is 5.56 Å². The van der Waals surface area contributed by atoms with Gasteiger partial charge < -0.3 is 15.8 Å². The second-order valence-corrected chi connectivity index (χ2v) is 6.46. The largest absolute Gasteiger partial charge is 0.382 e. The smallest absolute Gasteiger partial charge is 0.249 e. The Morgan fingerprint density at radius 1 is 1.08 bits per heavy atom. The maximum absolute atomic E-state index is 11.9. The predicted molar refractivity (Wildman–Crippen MR) is 97.3 cm³/mol. The lowest BCUT2D eigenvalue weighted by Gasteiger charge is -2.26. The zero-order valence-electron chi connectivity index (χ0n) is 14.3. The number of nitrogens with two attached hydrogens (primary N) is 1. The molecule has 3 rings (SSSR count). The fourth-order valence-electron chi connectivity index (χ4n) is 3.09. The molecule has 1 amide bonds. The molecule has 0 unspecified atom stereocenters. The molecule has 0 aliphatic carbocycles. The van der Waals surface area contributed by atoms with Crippen molar-refractivity contribution in [1.82, 2.24) is 0 Å². The predicted octanol–water partition coefficient (Wildman–Crippen LogP) is 3.66. The third-order valence-corrected chi connectivity index (χ3v) is 4.64. The van der Waals surface area contributed by atoms with Gasteiger partial charge in [-0.15, -0.1) is 0 Å². The third kappa shape index (κ3) is 3.60. The maximum Gasteiger partial charge on any atom is 0.249 e. The molecule has 0 bridgehead atoms. The number of hydrogen-bond donors (Lipinski definition) is 2. The summed E-state index contributed by atoms with van der Waals surface area (Å²) in [6.07, 6.45) is 1.94. The van der Waals surface area contributed by atoms with Crippen molar-refractivity contribution in [1.29, 1.82) is 0 Å². The van der Waals surface area contributed by atoms with E-state index in [2.05, 4.69) is 42.6 Å². The number of amides is 1. The minimum atomic E-state index is -0.392. The summed E-state index contributed by atoms with van der Waals surface area (Å²) in [6.45, 7) is 5.56. The van der Waals surface area contributed by atoms with Crippen LogP contribution in [0.4, 0.5) is 5.69 Å². The second-order valence-electron chi connectivity index (χ2n) is 6.46. The lowest BCUT2D eigenvalue weighted by molar-refractivity contribution is 0.0904. The normalized spacial score (nSPS) is 15.2. The van der Waals surface area contributed by atoms with E-state index in [9.17, 15) is 4.79 Å². The summed E-state index contributed by atoms with van der Waals surface area (Å²) in [6, 6.07) is 12.7. The number of carbonyl (C=O) groups is 1. The molecule has 0 atom stereocenters. The van der Waals surface area contributed by atoms with Crippen LogP contribution in [-0.4, -0.2) is 25.2 Å². The summed E-state index contributed by atoms with van der Waals surface area (Å²) >= 11 is 0. The number of primary amides is 1. The molecule has 24 heavy (non-hydrogen) atoms. The topological polar surface area (TPSA) is 64.3 Å². The average molecular weight is 324 g/mol. The van der Waals surface area contributed by atoms with Crippen molar-refractivity contribution in [3.05, 3.63) is 53.1 Å². The summed E-state index contributed by atoms with van der Waals surface area (Å²) in [4.78, 5) is 11.9.